The first-order valence-electron chi connectivity index (χ1n) is 12.1. The number of alkyl carbamates (subject to hydrolysis) is 1. The van der Waals surface area contributed by atoms with Gasteiger partial charge >= 0.3 is 6.09 Å². The fraction of sp³-hybridized carbons (Fsp3) is 0.920. The zero-order chi connectivity index (χ0) is 22.4. The van der Waals surface area contributed by atoms with Gasteiger partial charge in [0.2, 0.25) is 0 Å². The van der Waals surface area contributed by atoms with Crippen LogP contribution in [0.15, 0.2) is 0 Å². The lowest BCUT2D eigenvalue weighted by Gasteiger charge is -2.29. The van der Waals surface area contributed by atoms with Gasteiger partial charge in [0.05, 0.1) is 12.2 Å². The summed E-state index contributed by atoms with van der Waals surface area (Å²) in [6.07, 6.45) is 9.11. The number of Topliss-reactive ketones (excluding diaryl/α,β-unsaturated/α-hetero) is 1. The Morgan fingerprint density at radius 3 is 2.13 bits per heavy atom. The third-order valence-corrected chi connectivity index (χ3v) is 7.15. The Balaban J connectivity index is 1.59. The summed E-state index contributed by atoms with van der Waals surface area (Å²) in [5.41, 5.74) is -0.726. The summed E-state index contributed by atoms with van der Waals surface area (Å²) in [7, 11) is 0. The zero-order valence-corrected chi connectivity index (χ0v) is 20.2. The van der Waals surface area contributed by atoms with Gasteiger partial charge in [-0.05, 0) is 57.3 Å². The molecule has 2 unspecified atom stereocenters. The number of amides is 1. The third kappa shape index (κ3) is 7.86. The van der Waals surface area contributed by atoms with Gasteiger partial charge < -0.3 is 14.8 Å². The van der Waals surface area contributed by atoms with Gasteiger partial charge in [-0.15, -0.1) is 0 Å². The van der Waals surface area contributed by atoms with Gasteiger partial charge in [0.1, 0.15) is 5.78 Å². The minimum atomic E-state index is -0.371. The van der Waals surface area contributed by atoms with Crippen molar-refractivity contribution in [2.24, 2.45) is 29.1 Å². The lowest BCUT2D eigenvalue weighted by Crippen LogP contribution is -2.35. The van der Waals surface area contributed by atoms with E-state index in [1.807, 2.05) is 41.5 Å². The lowest BCUT2D eigenvalue weighted by molar-refractivity contribution is -0.132. The van der Waals surface area contributed by atoms with E-state index in [4.69, 9.17) is 9.47 Å². The predicted molar refractivity (Wildman–Crippen MR) is 120 cm³/mol. The molecule has 2 atom stereocenters. The highest BCUT2D eigenvalue weighted by Gasteiger charge is 2.49. The highest BCUT2D eigenvalue weighted by Crippen LogP contribution is 2.53. The fourth-order valence-corrected chi connectivity index (χ4v) is 4.99. The standard InChI is InChI=1S/C25H45NO4/c1-18(2)22(27)24(3,4)14-16-30-25(5,6)13-15-26-23(28)29-17-21-19-11-9-7-8-10-12-20(19)21/h18-21H,7-17H2,1-6H3,(H,26,28). The number of fused-ring (bicyclic) bond motifs is 1. The minimum Gasteiger partial charge on any atom is -0.449 e. The molecule has 0 saturated heterocycles. The largest absolute Gasteiger partial charge is 0.449 e. The van der Waals surface area contributed by atoms with Gasteiger partial charge in [-0.3, -0.25) is 4.79 Å². The highest BCUT2D eigenvalue weighted by atomic mass is 16.5. The molecule has 0 aromatic rings. The Bertz CT molecular complexity index is 555. The molecule has 5 heteroatoms. The molecule has 0 aromatic carbocycles. The van der Waals surface area contributed by atoms with Gasteiger partial charge in [-0.25, -0.2) is 4.79 Å². The molecule has 0 aromatic heterocycles. The van der Waals surface area contributed by atoms with Gasteiger partial charge in [0.15, 0.2) is 0 Å². The van der Waals surface area contributed by atoms with Crippen LogP contribution in [0.1, 0.15) is 92.9 Å². The van der Waals surface area contributed by atoms with Crippen LogP contribution in [0.25, 0.3) is 0 Å². The molecule has 0 heterocycles. The number of ketones is 1. The summed E-state index contributed by atoms with van der Waals surface area (Å²) in [4.78, 5) is 24.4. The second-order valence-electron chi connectivity index (χ2n) is 11.0. The summed E-state index contributed by atoms with van der Waals surface area (Å²) >= 11 is 0. The Hall–Kier alpha value is -1.10. The summed E-state index contributed by atoms with van der Waals surface area (Å²) in [6, 6.07) is 0. The number of hydrogen-bond acceptors (Lipinski definition) is 4. The molecule has 2 saturated carbocycles. The number of nitrogens with one attached hydrogen (secondary N) is 1. The first-order valence-corrected chi connectivity index (χ1v) is 12.1. The van der Waals surface area contributed by atoms with E-state index < -0.39 is 0 Å². The molecule has 0 radical (unpaired) electrons. The van der Waals surface area contributed by atoms with Gasteiger partial charge in [-0.2, -0.15) is 0 Å². The molecule has 30 heavy (non-hydrogen) atoms. The number of ether oxygens (including phenoxy) is 2. The lowest BCUT2D eigenvalue weighted by atomic mass is 9.80. The molecule has 1 N–H and O–H groups in total. The number of carbonyl (C=O) groups is 2. The first-order chi connectivity index (χ1) is 14.0. The molecule has 0 bridgehead atoms. The Morgan fingerprint density at radius 1 is 0.967 bits per heavy atom. The van der Waals surface area contributed by atoms with Crippen LogP contribution < -0.4 is 5.32 Å². The van der Waals surface area contributed by atoms with Crippen LogP contribution in [0.4, 0.5) is 4.79 Å². The van der Waals surface area contributed by atoms with E-state index in [0.29, 0.717) is 38.5 Å². The number of hydrogen-bond donors (Lipinski definition) is 1. The molecule has 2 aliphatic carbocycles. The van der Waals surface area contributed by atoms with E-state index in [2.05, 4.69) is 5.32 Å². The minimum absolute atomic E-state index is 0.0386. The van der Waals surface area contributed by atoms with Crippen LogP contribution in [0.3, 0.4) is 0 Å². The molecule has 1 amide bonds. The van der Waals surface area contributed by atoms with Gasteiger partial charge in [-0.1, -0.05) is 53.4 Å². The van der Waals surface area contributed by atoms with Crippen molar-refractivity contribution in [3.05, 3.63) is 0 Å². The van der Waals surface area contributed by atoms with Crippen molar-refractivity contribution in [2.45, 2.75) is 98.5 Å². The Morgan fingerprint density at radius 2 is 1.57 bits per heavy atom. The van der Waals surface area contributed by atoms with E-state index >= 15 is 0 Å². The van der Waals surface area contributed by atoms with Crippen LogP contribution in [0.2, 0.25) is 0 Å². The molecular weight excluding hydrogens is 378 g/mol. The zero-order valence-electron chi connectivity index (χ0n) is 20.2. The maximum Gasteiger partial charge on any atom is 0.407 e. The molecule has 2 aliphatic rings. The van der Waals surface area contributed by atoms with Crippen molar-refractivity contribution in [1.82, 2.24) is 5.32 Å². The van der Waals surface area contributed by atoms with E-state index in [-0.39, 0.29) is 28.8 Å². The molecular formula is C25H45NO4. The highest BCUT2D eigenvalue weighted by molar-refractivity contribution is 5.85. The van der Waals surface area contributed by atoms with Crippen molar-refractivity contribution >= 4 is 11.9 Å². The van der Waals surface area contributed by atoms with Crippen LogP contribution in [0, 0.1) is 29.1 Å². The average molecular weight is 424 g/mol. The summed E-state index contributed by atoms with van der Waals surface area (Å²) in [5.74, 6) is 2.48. The van der Waals surface area contributed by atoms with E-state index in [9.17, 15) is 9.59 Å². The number of rotatable bonds is 11. The van der Waals surface area contributed by atoms with Gasteiger partial charge in [0.25, 0.3) is 0 Å². The maximum atomic E-state index is 12.3. The monoisotopic (exact) mass is 423 g/mol. The average Bonchev–Trinajstić information content (AvgIpc) is 3.27. The second-order valence-corrected chi connectivity index (χ2v) is 11.0. The third-order valence-electron chi connectivity index (χ3n) is 7.15. The molecule has 0 aliphatic heterocycles. The summed E-state index contributed by atoms with van der Waals surface area (Å²) in [5, 5.41) is 2.87. The summed E-state index contributed by atoms with van der Waals surface area (Å²) in [6.45, 7) is 13.5. The molecule has 2 rings (SSSR count). The predicted octanol–water partition coefficient (Wildman–Crippen LogP) is 5.76. The van der Waals surface area contributed by atoms with E-state index in [0.717, 1.165) is 11.8 Å². The van der Waals surface area contributed by atoms with Crippen molar-refractivity contribution in [1.29, 1.82) is 0 Å². The van der Waals surface area contributed by atoms with Crippen molar-refractivity contribution in [3.8, 4) is 0 Å². The van der Waals surface area contributed by atoms with Crippen LogP contribution >= 0.6 is 0 Å². The molecule has 2 fully saturated rings. The SMILES string of the molecule is CC(C)C(=O)C(C)(C)CCOC(C)(C)CCNC(=O)OCC1C2CCCCCCC21. The van der Waals surface area contributed by atoms with Crippen molar-refractivity contribution in [2.75, 3.05) is 19.8 Å². The Labute approximate surface area is 184 Å². The van der Waals surface area contributed by atoms with Crippen molar-refractivity contribution in [3.63, 3.8) is 0 Å². The number of carbonyl (C=O) groups excluding carboxylic acids is 2. The van der Waals surface area contributed by atoms with Crippen LogP contribution in [-0.4, -0.2) is 37.2 Å². The maximum absolute atomic E-state index is 12.3. The molecule has 5 nitrogen and oxygen atoms in total. The fourth-order valence-electron chi connectivity index (χ4n) is 4.99. The van der Waals surface area contributed by atoms with Crippen LogP contribution in [0.5, 0.6) is 0 Å². The quantitative estimate of drug-likeness (QED) is 0.459. The van der Waals surface area contributed by atoms with E-state index in [1.165, 1.54) is 38.5 Å². The van der Waals surface area contributed by atoms with Gasteiger partial charge in [0, 0.05) is 24.5 Å². The summed E-state index contributed by atoms with van der Waals surface area (Å²) < 4.78 is 11.5. The van der Waals surface area contributed by atoms with Crippen molar-refractivity contribution < 1.29 is 19.1 Å². The van der Waals surface area contributed by atoms with E-state index in [1.54, 1.807) is 0 Å². The topological polar surface area (TPSA) is 64.6 Å². The molecule has 174 valence electrons. The second kappa shape index (κ2) is 11.0. The normalized spacial score (nSPS) is 24.6. The Kier molecular flexibility index (Phi) is 9.20. The first kappa shape index (κ1) is 25.2. The smallest absolute Gasteiger partial charge is 0.407 e. The van der Waals surface area contributed by atoms with Crippen LogP contribution in [-0.2, 0) is 14.3 Å². The molecule has 0 spiro atoms.